The quantitative estimate of drug-likeness (QED) is 0.259. The van der Waals surface area contributed by atoms with Gasteiger partial charge in [-0.05, 0) is 43.9 Å². The molecule has 0 radical (unpaired) electrons. The number of nitrogens with two attached hydrogens (primary N) is 1. The largest absolute Gasteiger partial charge is 0.381 e. The summed E-state index contributed by atoms with van der Waals surface area (Å²) >= 11 is 0. The molecule has 3 N–H and O–H groups in total. The molecule has 28 heavy (non-hydrogen) atoms. The van der Waals surface area contributed by atoms with E-state index in [0.29, 0.717) is 12.5 Å². The molecule has 0 unspecified atom stereocenters. The lowest BCUT2D eigenvalue weighted by Crippen LogP contribution is -2.41. The first kappa shape index (κ1) is 23.4. The summed E-state index contributed by atoms with van der Waals surface area (Å²) in [6.45, 7) is 10.2. The molecule has 0 bridgehead atoms. The van der Waals surface area contributed by atoms with Crippen LogP contribution in [0.3, 0.4) is 0 Å². The van der Waals surface area contributed by atoms with E-state index >= 15 is 0 Å². The third-order valence-corrected chi connectivity index (χ3v) is 5.78. The van der Waals surface area contributed by atoms with Gasteiger partial charge >= 0.3 is 0 Å². The highest BCUT2D eigenvalue weighted by Crippen LogP contribution is 2.36. The summed E-state index contributed by atoms with van der Waals surface area (Å²) in [5, 5.41) is 3.28. The van der Waals surface area contributed by atoms with Crippen molar-refractivity contribution in [3.05, 3.63) is 35.4 Å². The van der Waals surface area contributed by atoms with Gasteiger partial charge in [0, 0.05) is 38.3 Å². The Balaban J connectivity index is 0.00000280. The number of guanidine groups is 1. The van der Waals surface area contributed by atoms with Gasteiger partial charge in [0.05, 0.1) is 19.8 Å². The maximum atomic E-state index is 6.16. The Morgan fingerprint density at radius 2 is 1.82 bits per heavy atom. The Hall–Kier alpha value is -0.900. The molecule has 1 aromatic rings. The Kier molecular flexibility index (Phi) is 9.98. The Morgan fingerprint density at radius 1 is 1.14 bits per heavy atom. The van der Waals surface area contributed by atoms with Crippen LogP contribution in [-0.4, -0.2) is 70.0 Å². The van der Waals surface area contributed by atoms with Crippen LogP contribution in [-0.2, 0) is 14.9 Å². The van der Waals surface area contributed by atoms with E-state index in [2.05, 4.69) is 41.4 Å². The van der Waals surface area contributed by atoms with Crippen LogP contribution in [0.5, 0.6) is 0 Å². The van der Waals surface area contributed by atoms with E-state index < -0.39 is 0 Å². The molecule has 158 valence electrons. The Labute approximate surface area is 186 Å². The highest BCUT2D eigenvalue weighted by molar-refractivity contribution is 14.0. The zero-order valence-electron chi connectivity index (χ0n) is 17.0. The fourth-order valence-electron chi connectivity index (χ4n) is 4.08. The van der Waals surface area contributed by atoms with Crippen molar-refractivity contribution in [1.82, 2.24) is 10.2 Å². The lowest BCUT2D eigenvalue weighted by Gasteiger charge is -2.37. The molecule has 7 heteroatoms. The smallest absolute Gasteiger partial charge is 0.188 e. The summed E-state index contributed by atoms with van der Waals surface area (Å²) in [4.78, 5) is 7.15. The standard InChI is InChI=1S/C21H34N4O2.HI/c1-18-5-2-3-6-19(18)21(7-13-26-14-8-21)17-24-20(22)23-9-4-10-25-11-15-27-16-12-25;/h2-3,5-6H,4,7-17H2,1H3,(H3,22,23,24);1H. The normalized spacial score (nSPS) is 20.4. The first-order chi connectivity index (χ1) is 13.2. The van der Waals surface area contributed by atoms with Crippen LogP contribution < -0.4 is 11.1 Å². The molecule has 2 saturated heterocycles. The minimum Gasteiger partial charge on any atom is -0.381 e. The monoisotopic (exact) mass is 502 g/mol. The predicted molar refractivity (Wildman–Crippen MR) is 125 cm³/mol. The molecule has 0 aromatic heterocycles. The number of aliphatic imine (C=N–C) groups is 1. The number of rotatable bonds is 7. The maximum absolute atomic E-state index is 6.16. The second-order valence-electron chi connectivity index (χ2n) is 7.64. The molecule has 6 nitrogen and oxygen atoms in total. The summed E-state index contributed by atoms with van der Waals surface area (Å²) in [6.07, 6.45) is 3.05. The lowest BCUT2D eigenvalue weighted by molar-refractivity contribution is 0.0376. The SMILES string of the molecule is Cc1ccccc1C1(CN=C(N)NCCCN2CCOCC2)CCOCC1.I. The van der Waals surface area contributed by atoms with E-state index in [-0.39, 0.29) is 29.4 Å². The molecular formula is C21H35IN4O2. The molecule has 1 aromatic carbocycles. The average Bonchev–Trinajstić information content (AvgIpc) is 2.71. The highest BCUT2D eigenvalue weighted by atomic mass is 127. The van der Waals surface area contributed by atoms with Gasteiger partial charge < -0.3 is 20.5 Å². The van der Waals surface area contributed by atoms with Gasteiger partial charge in [0.2, 0.25) is 0 Å². The lowest BCUT2D eigenvalue weighted by atomic mass is 9.72. The molecule has 0 aliphatic carbocycles. The van der Waals surface area contributed by atoms with Gasteiger partial charge in [-0.3, -0.25) is 9.89 Å². The summed E-state index contributed by atoms with van der Waals surface area (Å²) in [5.74, 6) is 0.552. The van der Waals surface area contributed by atoms with Crippen LogP contribution in [0.15, 0.2) is 29.3 Å². The van der Waals surface area contributed by atoms with Crippen LogP contribution >= 0.6 is 24.0 Å². The van der Waals surface area contributed by atoms with Crippen molar-refractivity contribution >= 4 is 29.9 Å². The van der Waals surface area contributed by atoms with Gasteiger partial charge in [0.1, 0.15) is 0 Å². The molecule has 0 saturated carbocycles. The average molecular weight is 502 g/mol. The van der Waals surface area contributed by atoms with Crippen LogP contribution in [0.1, 0.15) is 30.4 Å². The maximum Gasteiger partial charge on any atom is 0.188 e. The van der Waals surface area contributed by atoms with Gasteiger partial charge in [-0.25, -0.2) is 0 Å². The van der Waals surface area contributed by atoms with E-state index in [9.17, 15) is 0 Å². The summed E-state index contributed by atoms with van der Waals surface area (Å²) in [5.41, 5.74) is 8.90. The van der Waals surface area contributed by atoms with E-state index in [4.69, 9.17) is 20.2 Å². The topological polar surface area (TPSA) is 72.1 Å². The first-order valence-corrected chi connectivity index (χ1v) is 10.2. The zero-order chi connectivity index (χ0) is 19.0. The van der Waals surface area contributed by atoms with Gasteiger partial charge in [0.25, 0.3) is 0 Å². The molecule has 0 spiro atoms. The minimum absolute atomic E-state index is 0. The molecule has 2 heterocycles. The van der Waals surface area contributed by atoms with E-state index in [1.165, 1.54) is 11.1 Å². The number of aryl methyl sites for hydroxylation is 1. The van der Waals surface area contributed by atoms with Gasteiger partial charge in [0.15, 0.2) is 5.96 Å². The molecule has 2 aliphatic rings. The van der Waals surface area contributed by atoms with Crippen LogP contribution in [0, 0.1) is 6.92 Å². The number of benzene rings is 1. The van der Waals surface area contributed by atoms with Crippen molar-refractivity contribution in [1.29, 1.82) is 0 Å². The summed E-state index contributed by atoms with van der Waals surface area (Å²) < 4.78 is 11.0. The highest BCUT2D eigenvalue weighted by Gasteiger charge is 2.35. The van der Waals surface area contributed by atoms with Crippen molar-refractivity contribution in [2.45, 2.75) is 31.6 Å². The van der Waals surface area contributed by atoms with E-state index in [1.807, 2.05) is 0 Å². The zero-order valence-corrected chi connectivity index (χ0v) is 19.3. The molecular weight excluding hydrogens is 467 g/mol. The van der Waals surface area contributed by atoms with Crippen LogP contribution in [0.2, 0.25) is 0 Å². The Morgan fingerprint density at radius 3 is 2.54 bits per heavy atom. The number of morpholine rings is 1. The van der Waals surface area contributed by atoms with Crippen LogP contribution in [0.4, 0.5) is 0 Å². The van der Waals surface area contributed by atoms with Crippen molar-refractivity contribution in [2.24, 2.45) is 10.7 Å². The van der Waals surface area contributed by atoms with Crippen molar-refractivity contribution < 1.29 is 9.47 Å². The Bertz CT molecular complexity index is 614. The first-order valence-electron chi connectivity index (χ1n) is 10.2. The molecule has 2 aliphatic heterocycles. The van der Waals surface area contributed by atoms with E-state index in [0.717, 1.165) is 71.9 Å². The number of ether oxygens (including phenoxy) is 2. The van der Waals surface area contributed by atoms with Crippen LogP contribution in [0.25, 0.3) is 0 Å². The number of nitrogens with one attached hydrogen (secondary N) is 1. The number of hydrogen-bond donors (Lipinski definition) is 2. The predicted octanol–water partition coefficient (Wildman–Crippen LogP) is 2.29. The second-order valence-corrected chi connectivity index (χ2v) is 7.64. The fraction of sp³-hybridized carbons (Fsp3) is 0.667. The summed E-state index contributed by atoms with van der Waals surface area (Å²) in [7, 11) is 0. The molecule has 3 rings (SSSR count). The molecule has 0 atom stereocenters. The minimum atomic E-state index is 0. The van der Waals surface area contributed by atoms with Crippen molar-refractivity contribution in [3.8, 4) is 0 Å². The van der Waals surface area contributed by atoms with Gasteiger partial charge in [-0.15, -0.1) is 24.0 Å². The molecule has 2 fully saturated rings. The van der Waals surface area contributed by atoms with Gasteiger partial charge in [-0.2, -0.15) is 0 Å². The number of halogens is 1. The van der Waals surface area contributed by atoms with E-state index in [1.54, 1.807) is 0 Å². The van der Waals surface area contributed by atoms with Crippen molar-refractivity contribution in [3.63, 3.8) is 0 Å². The fourth-order valence-corrected chi connectivity index (χ4v) is 4.08. The third-order valence-electron chi connectivity index (χ3n) is 5.78. The number of nitrogens with zero attached hydrogens (tertiary/aromatic N) is 2. The molecule has 0 amide bonds. The third kappa shape index (κ3) is 6.57. The van der Waals surface area contributed by atoms with Crippen molar-refractivity contribution in [2.75, 3.05) is 59.2 Å². The summed E-state index contributed by atoms with van der Waals surface area (Å²) in [6, 6.07) is 8.64. The second kappa shape index (κ2) is 11.9. The van der Waals surface area contributed by atoms with Gasteiger partial charge in [-0.1, -0.05) is 24.3 Å². The number of hydrogen-bond acceptors (Lipinski definition) is 4.